The number of benzene rings is 1. The van der Waals surface area contributed by atoms with Crippen LogP contribution < -0.4 is 10.2 Å². The van der Waals surface area contributed by atoms with Gasteiger partial charge in [0.2, 0.25) is 0 Å². The number of hydrogen-bond acceptors (Lipinski definition) is 3. The fourth-order valence-electron chi connectivity index (χ4n) is 1.67. The van der Waals surface area contributed by atoms with Crippen LogP contribution in [0.25, 0.3) is 0 Å². The molecule has 0 saturated carbocycles. The first-order chi connectivity index (χ1) is 7.24. The lowest BCUT2D eigenvalue weighted by molar-refractivity contribution is 0.0456. The predicted octanol–water partition coefficient (Wildman–Crippen LogP) is 2.45. The Morgan fingerprint density at radius 2 is 2.40 bits per heavy atom. The van der Waals surface area contributed by atoms with E-state index in [-0.39, 0.29) is 16.8 Å². The molecule has 1 unspecified atom stereocenters. The molecule has 1 aromatic rings. The maximum Gasteiger partial charge on any atom is 0.183 e. The molecule has 0 bridgehead atoms. The van der Waals surface area contributed by atoms with Gasteiger partial charge in [-0.05, 0) is 6.07 Å². The molecule has 1 aliphatic rings. The molecule has 0 aliphatic carbocycles. The Morgan fingerprint density at radius 3 is 3.13 bits per heavy atom. The van der Waals surface area contributed by atoms with Crippen LogP contribution in [0, 0.1) is 5.82 Å². The molecule has 2 rings (SSSR count). The summed E-state index contributed by atoms with van der Waals surface area (Å²) in [5, 5.41) is 0.0758. The number of fused-ring (bicyclic) bond motifs is 1. The minimum atomic E-state index is -0.503. The summed E-state index contributed by atoms with van der Waals surface area (Å²) in [6, 6.07) is 3.22. The smallest absolute Gasteiger partial charge is 0.183 e. The lowest BCUT2D eigenvalue weighted by atomic mass is 10.0. The lowest BCUT2D eigenvalue weighted by Gasteiger charge is -2.26. The Hall–Kier alpha value is -0.840. The highest BCUT2D eigenvalue weighted by Crippen LogP contribution is 2.37. The molecule has 5 heteroatoms. The molecule has 82 valence electrons. The minimum absolute atomic E-state index is 0.0504. The molecule has 0 spiro atoms. The van der Waals surface area contributed by atoms with Crippen molar-refractivity contribution >= 4 is 11.6 Å². The van der Waals surface area contributed by atoms with Crippen molar-refractivity contribution in [3.8, 4) is 5.75 Å². The summed E-state index contributed by atoms with van der Waals surface area (Å²) in [7, 11) is 1.53. The third-order valence-corrected chi connectivity index (χ3v) is 2.66. The molecule has 0 aromatic heterocycles. The third kappa shape index (κ3) is 1.93. The van der Waals surface area contributed by atoms with Crippen molar-refractivity contribution in [2.75, 3.05) is 13.7 Å². The number of ether oxygens (including phenoxy) is 1. The molecule has 1 aromatic carbocycles. The zero-order chi connectivity index (χ0) is 10.8. The molecule has 0 amide bonds. The monoisotopic (exact) mass is 231 g/mol. The summed E-state index contributed by atoms with van der Waals surface area (Å²) >= 11 is 5.66. The van der Waals surface area contributed by atoms with Gasteiger partial charge in [-0.2, -0.15) is 5.48 Å². The molecule has 0 radical (unpaired) electrons. The molecule has 1 atom stereocenters. The summed E-state index contributed by atoms with van der Waals surface area (Å²) < 4.78 is 18.8. The quantitative estimate of drug-likeness (QED) is 0.794. The van der Waals surface area contributed by atoms with Gasteiger partial charge in [0.1, 0.15) is 0 Å². The van der Waals surface area contributed by atoms with Crippen molar-refractivity contribution in [1.29, 1.82) is 0 Å². The normalized spacial score (nSPS) is 19.5. The van der Waals surface area contributed by atoms with Gasteiger partial charge in [0, 0.05) is 12.0 Å². The van der Waals surface area contributed by atoms with Crippen molar-refractivity contribution in [3.05, 3.63) is 28.5 Å². The van der Waals surface area contributed by atoms with Crippen molar-refractivity contribution in [2.24, 2.45) is 0 Å². The fraction of sp³-hybridized carbons (Fsp3) is 0.400. The highest BCUT2D eigenvalue weighted by Gasteiger charge is 2.25. The average Bonchev–Trinajstić information content (AvgIpc) is 2.25. The molecule has 3 nitrogen and oxygen atoms in total. The fourth-order valence-corrected chi connectivity index (χ4v) is 1.82. The molecule has 15 heavy (non-hydrogen) atoms. The van der Waals surface area contributed by atoms with Crippen molar-refractivity contribution < 1.29 is 14.0 Å². The van der Waals surface area contributed by atoms with Gasteiger partial charge >= 0.3 is 0 Å². The maximum absolute atomic E-state index is 13.6. The van der Waals surface area contributed by atoms with Gasteiger partial charge in [0.25, 0.3) is 0 Å². The van der Waals surface area contributed by atoms with E-state index in [1.54, 1.807) is 6.07 Å². The molecule has 1 heterocycles. The number of rotatable bonds is 2. The molecular weight excluding hydrogens is 221 g/mol. The molecular formula is C10H11ClFNO2. The second kappa shape index (κ2) is 4.35. The van der Waals surface area contributed by atoms with Crippen LogP contribution in [0.15, 0.2) is 12.1 Å². The summed E-state index contributed by atoms with van der Waals surface area (Å²) in [5.41, 5.74) is 3.54. The van der Waals surface area contributed by atoms with Crippen LogP contribution in [0.5, 0.6) is 5.75 Å². The van der Waals surface area contributed by atoms with Gasteiger partial charge in [-0.15, -0.1) is 0 Å². The Balaban J connectivity index is 2.40. The third-order valence-electron chi connectivity index (χ3n) is 2.37. The Kier molecular flexibility index (Phi) is 3.09. The zero-order valence-corrected chi connectivity index (χ0v) is 8.97. The first-order valence-corrected chi connectivity index (χ1v) is 5.01. The standard InChI is InChI=1S/C10H11ClFNO2/c1-14-13-8-4-5-15-10-6(8)2-3-7(11)9(10)12/h2-3,8,13H,4-5H2,1H3. The Morgan fingerprint density at radius 1 is 1.60 bits per heavy atom. The highest BCUT2D eigenvalue weighted by atomic mass is 35.5. The molecule has 1 aliphatic heterocycles. The van der Waals surface area contributed by atoms with Gasteiger partial charge in [-0.25, -0.2) is 4.39 Å². The van der Waals surface area contributed by atoms with Crippen molar-refractivity contribution in [3.63, 3.8) is 0 Å². The second-order valence-corrected chi connectivity index (χ2v) is 3.70. The van der Waals surface area contributed by atoms with E-state index in [4.69, 9.17) is 21.2 Å². The predicted molar refractivity (Wildman–Crippen MR) is 54.4 cm³/mol. The van der Waals surface area contributed by atoms with Crippen LogP contribution in [0.1, 0.15) is 18.0 Å². The first kappa shape index (κ1) is 10.7. The maximum atomic E-state index is 13.6. The van der Waals surface area contributed by atoms with Crippen LogP contribution in [0.4, 0.5) is 4.39 Å². The molecule has 0 saturated heterocycles. The van der Waals surface area contributed by atoms with Crippen LogP contribution in [-0.2, 0) is 4.84 Å². The minimum Gasteiger partial charge on any atom is -0.490 e. The van der Waals surface area contributed by atoms with Crippen molar-refractivity contribution in [1.82, 2.24) is 5.48 Å². The van der Waals surface area contributed by atoms with Gasteiger partial charge in [0.15, 0.2) is 11.6 Å². The highest BCUT2D eigenvalue weighted by molar-refractivity contribution is 6.30. The van der Waals surface area contributed by atoms with E-state index in [1.807, 2.05) is 0 Å². The summed E-state index contributed by atoms with van der Waals surface area (Å²) in [5.74, 6) is -0.278. The molecule has 1 N–H and O–H groups in total. The Bertz CT molecular complexity index is 373. The van der Waals surface area contributed by atoms with E-state index in [9.17, 15) is 4.39 Å². The summed E-state index contributed by atoms with van der Waals surface area (Å²) in [6.45, 7) is 0.450. The largest absolute Gasteiger partial charge is 0.490 e. The van der Waals surface area contributed by atoms with E-state index in [1.165, 1.54) is 13.2 Å². The number of hydrogen-bond donors (Lipinski definition) is 1. The van der Waals surface area contributed by atoms with E-state index < -0.39 is 5.82 Å². The van der Waals surface area contributed by atoms with Gasteiger partial charge in [0.05, 0.1) is 24.8 Å². The van der Waals surface area contributed by atoms with Crippen LogP contribution >= 0.6 is 11.6 Å². The van der Waals surface area contributed by atoms with Gasteiger partial charge in [-0.1, -0.05) is 17.7 Å². The summed E-state index contributed by atoms with van der Waals surface area (Å²) in [6.07, 6.45) is 0.738. The van der Waals surface area contributed by atoms with Gasteiger partial charge < -0.3 is 9.57 Å². The summed E-state index contributed by atoms with van der Waals surface area (Å²) in [4.78, 5) is 4.85. The van der Waals surface area contributed by atoms with Crippen LogP contribution in [0.2, 0.25) is 5.02 Å². The van der Waals surface area contributed by atoms with Gasteiger partial charge in [-0.3, -0.25) is 0 Å². The SMILES string of the molecule is CONC1CCOc2c1ccc(Cl)c2F. The van der Waals surface area contributed by atoms with E-state index >= 15 is 0 Å². The van der Waals surface area contributed by atoms with E-state index in [0.29, 0.717) is 6.61 Å². The van der Waals surface area contributed by atoms with E-state index in [0.717, 1.165) is 12.0 Å². The number of hydroxylamine groups is 1. The lowest BCUT2D eigenvalue weighted by Crippen LogP contribution is -2.26. The number of nitrogens with one attached hydrogen (secondary N) is 1. The van der Waals surface area contributed by atoms with Crippen LogP contribution in [0.3, 0.4) is 0 Å². The van der Waals surface area contributed by atoms with Crippen LogP contribution in [-0.4, -0.2) is 13.7 Å². The topological polar surface area (TPSA) is 30.5 Å². The first-order valence-electron chi connectivity index (χ1n) is 4.63. The molecule has 0 fully saturated rings. The average molecular weight is 232 g/mol. The zero-order valence-electron chi connectivity index (χ0n) is 8.22. The Labute approximate surface area is 92.1 Å². The number of halogens is 2. The van der Waals surface area contributed by atoms with Crippen molar-refractivity contribution in [2.45, 2.75) is 12.5 Å². The van der Waals surface area contributed by atoms with E-state index in [2.05, 4.69) is 5.48 Å². The second-order valence-electron chi connectivity index (χ2n) is 3.29.